The summed E-state index contributed by atoms with van der Waals surface area (Å²) in [6.07, 6.45) is 1.97. The Labute approximate surface area is 72.2 Å². The number of likely N-dealkylation sites (N-methyl/N-ethyl adjacent to an activating group) is 1. The molecule has 1 saturated carbocycles. The number of hydrogen-bond donors (Lipinski definition) is 3. The summed E-state index contributed by atoms with van der Waals surface area (Å²) in [5, 5.41) is 12.9. The highest BCUT2D eigenvalue weighted by atomic mass is 16.2. The average Bonchev–Trinajstić information content (AvgIpc) is 2.82. The molecule has 1 aliphatic rings. The van der Waals surface area contributed by atoms with Crippen LogP contribution in [0.15, 0.2) is 0 Å². The number of carbonyl (C=O) groups excluding carboxylic acids is 1. The average molecular weight is 169 g/mol. The molecule has 12 heavy (non-hydrogen) atoms. The molecular weight excluding hydrogens is 154 g/mol. The maximum absolute atomic E-state index is 11.1. The molecule has 0 aromatic carbocycles. The monoisotopic (exact) mass is 169 g/mol. The molecule has 4 heteroatoms. The van der Waals surface area contributed by atoms with Crippen molar-refractivity contribution in [1.82, 2.24) is 10.6 Å². The second kappa shape index (κ2) is 4.21. The third-order valence-corrected chi connectivity index (χ3v) is 1.77. The third kappa shape index (κ3) is 3.00. The standard InChI is InChI=1S/C8H15N3O/c1-2-10-5-7(9)11-8(12)6-3-4-6/h6,10H,2-5H2,1H3,(H2,9,11,12). The van der Waals surface area contributed by atoms with Gasteiger partial charge in [0.05, 0.1) is 6.54 Å². The van der Waals surface area contributed by atoms with Crippen LogP contribution >= 0.6 is 0 Å². The zero-order chi connectivity index (χ0) is 8.97. The summed E-state index contributed by atoms with van der Waals surface area (Å²) in [5.41, 5.74) is 0. The van der Waals surface area contributed by atoms with Gasteiger partial charge in [-0.1, -0.05) is 6.92 Å². The fourth-order valence-corrected chi connectivity index (χ4v) is 0.890. The van der Waals surface area contributed by atoms with Gasteiger partial charge in [0.25, 0.3) is 0 Å². The third-order valence-electron chi connectivity index (χ3n) is 1.77. The second-order valence-electron chi connectivity index (χ2n) is 3.02. The van der Waals surface area contributed by atoms with Crippen molar-refractivity contribution in [2.45, 2.75) is 19.8 Å². The molecule has 0 atom stereocenters. The normalized spacial score (nSPS) is 15.8. The lowest BCUT2D eigenvalue weighted by atomic mass is 10.4. The Hall–Kier alpha value is -0.900. The van der Waals surface area contributed by atoms with Crippen LogP contribution in [0.5, 0.6) is 0 Å². The van der Waals surface area contributed by atoms with E-state index >= 15 is 0 Å². The van der Waals surface area contributed by atoms with Gasteiger partial charge in [-0.15, -0.1) is 0 Å². The lowest BCUT2D eigenvalue weighted by molar-refractivity contribution is -0.120. The Morgan fingerprint density at radius 2 is 2.25 bits per heavy atom. The van der Waals surface area contributed by atoms with Crippen molar-refractivity contribution < 1.29 is 4.79 Å². The number of hydrogen-bond acceptors (Lipinski definition) is 3. The summed E-state index contributed by atoms with van der Waals surface area (Å²) < 4.78 is 0. The van der Waals surface area contributed by atoms with E-state index in [0.29, 0.717) is 6.54 Å². The summed E-state index contributed by atoms with van der Waals surface area (Å²) >= 11 is 0. The van der Waals surface area contributed by atoms with Crippen molar-refractivity contribution in [2.75, 3.05) is 13.1 Å². The number of rotatable bonds is 4. The number of amidine groups is 1. The summed E-state index contributed by atoms with van der Waals surface area (Å²) in [6.45, 7) is 3.24. The fourth-order valence-electron chi connectivity index (χ4n) is 0.890. The maximum Gasteiger partial charge on any atom is 0.228 e. The molecule has 0 radical (unpaired) electrons. The Bertz CT molecular complexity index is 187. The lowest BCUT2D eigenvalue weighted by Gasteiger charge is -2.05. The van der Waals surface area contributed by atoms with Crippen LogP contribution in [0, 0.1) is 11.3 Å². The second-order valence-corrected chi connectivity index (χ2v) is 3.02. The number of carbonyl (C=O) groups is 1. The first kappa shape index (κ1) is 9.19. The van der Waals surface area contributed by atoms with E-state index in [-0.39, 0.29) is 17.7 Å². The van der Waals surface area contributed by atoms with Crippen LogP contribution in [0.25, 0.3) is 0 Å². The van der Waals surface area contributed by atoms with E-state index in [0.717, 1.165) is 19.4 Å². The predicted molar refractivity (Wildman–Crippen MR) is 47.1 cm³/mol. The largest absolute Gasteiger partial charge is 0.313 e. The molecular formula is C8H15N3O. The molecule has 0 unspecified atom stereocenters. The Morgan fingerprint density at radius 1 is 1.58 bits per heavy atom. The predicted octanol–water partition coefficient (Wildman–Crippen LogP) is 0.0994. The van der Waals surface area contributed by atoms with E-state index < -0.39 is 0 Å². The van der Waals surface area contributed by atoms with E-state index in [1.54, 1.807) is 0 Å². The first-order chi connectivity index (χ1) is 5.74. The summed E-state index contributed by atoms with van der Waals surface area (Å²) in [4.78, 5) is 11.1. The SMILES string of the molecule is CCNCC(=N)NC(=O)C1CC1. The van der Waals surface area contributed by atoms with Gasteiger partial charge in [0.15, 0.2) is 0 Å². The van der Waals surface area contributed by atoms with Crippen LogP contribution in [0.4, 0.5) is 0 Å². The van der Waals surface area contributed by atoms with E-state index in [2.05, 4.69) is 10.6 Å². The summed E-state index contributed by atoms with van der Waals surface area (Å²) in [7, 11) is 0. The Balaban J connectivity index is 2.11. The van der Waals surface area contributed by atoms with Crippen LogP contribution in [-0.2, 0) is 4.79 Å². The zero-order valence-corrected chi connectivity index (χ0v) is 7.31. The van der Waals surface area contributed by atoms with Gasteiger partial charge in [-0.05, 0) is 19.4 Å². The molecule has 0 aromatic rings. The minimum absolute atomic E-state index is 0.0119. The van der Waals surface area contributed by atoms with Gasteiger partial charge >= 0.3 is 0 Å². The van der Waals surface area contributed by atoms with Crippen molar-refractivity contribution >= 4 is 11.7 Å². The molecule has 3 N–H and O–H groups in total. The molecule has 1 fully saturated rings. The zero-order valence-electron chi connectivity index (χ0n) is 7.31. The van der Waals surface area contributed by atoms with Crippen molar-refractivity contribution in [2.24, 2.45) is 5.92 Å². The highest BCUT2D eigenvalue weighted by Gasteiger charge is 2.29. The first-order valence-corrected chi connectivity index (χ1v) is 4.33. The highest BCUT2D eigenvalue weighted by Crippen LogP contribution is 2.28. The van der Waals surface area contributed by atoms with Gasteiger partial charge in [-0.2, -0.15) is 0 Å². The molecule has 0 heterocycles. The molecule has 4 nitrogen and oxygen atoms in total. The molecule has 1 aliphatic carbocycles. The maximum atomic E-state index is 11.1. The quantitative estimate of drug-likeness (QED) is 0.413. The number of nitrogens with one attached hydrogen (secondary N) is 3. The smallest absolute Gasteiger partial charge is 0.228 e. The molecule has 0 spiro atoms. The van der Waals surface area contributed by atoms with Crippen LogP contribution in [0.2, 0.25) is 0 Å². The first-order valence-electron chi connectivity index (χ1n) is 4.33. The van der Waals surface area contributed by atoms with Crippen molar-refractivity contribution in [3.63, 3.8) is 0 Å². The van der Waals surface area contributed by atoms with Crippen LogP contribution < -0.4 is 10.6 Å². The molecule has 1 amide bonds. The van der Waals surface area contributed by atoms with E-state index in [1.165, 1.54) is 0 Å². The van der Waals surface area contributed by atoms with Gasteiger partial charge < -0.3 is 10.6 Å². The van der Waals surface area contributed by atoms with E-state index in [4.69, 9.17) is 5.41 Å². The van der Waals surface area contributed by atoms with Crippen molar-refractivity contribution in [3.8, 4) is 0 Å². The molecule has 0 aliphatic heterocycles. The van der Waals surface area contributed by atoms with Crippen molar-refractivity contribution in [3.05, 3.63) is 0 Å². The van der Waals surface area contributed by atoms with E-state index in [9.17, 15) is 4.79 Å². The number of amides is 1. The van der Waals surface area contributed by atoms with Gasteiger partial charge in [0.2, 0.25) is 5.91 Å². The molecule has 0 bridgehead atoms. The molecule has 1 rings (SSSR count). The molecule has 0 saturated heterocycles. The highest BCUT2D eigenvalue weighted by molar-refractivity contribution is 5.99. The van der Waals surface area contributed by atoms with Crippen molar-refractivity contribution in [1.29, 1.82) is 5.41 Å². The van der Waals surface area contributed by atoms with Gasteiger partial charge in [0.1, 0.15) is 5.84 Å². The van der Waals surface area contributed by atoms with Gasteiger partial charge in [-0.3, -0.25) is 10.2 Å². The fraction of sp³-hybridized carbons (Fsp3) is 0.750. The topological polar surface area (TPSA) is 65.0 Å². The van der Waals surface area contributed by atoms with Crippen LogP contribution in [0.3, 0.4) is 0 Å². The van der Waals surface area contributed by atoms with Crippen LogP contribution in [0.1, 0.15) is 19.8 Å². The summed E-state index contributed by atoms with van der Waals surface area (Å²) in [6, 6.07) is 0. The van der Waals surface area contributed by atoms with Gasteiger partial charge in [0, 0.05) is 5.92 Å². The minimum Gasteiger partial charge on any atom is -0.313 e. The molecule has 0 aromatic heterocycles. The molecule has 68 valence electrons. The summed E-state index contributed by atoms with van der Waals surface area (Å²) in [5.74, 6) is 0.471. The Kier molecular flexibility index (Phi) is 3.22. The van der Waals surface area contributed by atoms with E-state index in [1.807, 2.05) is 6.92 Å². The Morgan fingerprint density at radius 3 is 2.75 bits per heavy atom. The van der Waals surface area contributed by atoms with Crippen LogP contribution in [-0.4, -0.2) is 24.8 Å². The minimum atomic E-state index is 0.0119. The lowest BCUT2D eigenvalue weighted by Crippen LogP contribution is -2.37. The van der Waals surface area contributed by atoms with Gasteiger partial charge in [-0.25, -0.2) is 0 Å².